The number of carbonyl (C=O) groups is 1. The van der Waals surface area contributed by atoms with Gasteiger partial charge >= 0.3 is 0 Å². The van der Waals surface area contributed by atoms with Gasteiger partial charge in [0.05, 0.1) is 16.6 Å². The smallest absolute Gasteiger partial charge is 0.272 e. The Bertz CT molecular complexity index is 553. The van der Waals surface area contributed by atoms with Crippen LogP contribution in [0.5, 0.6) is 0 Å². The summed E-state index contributed by atoms with van der Waals surface area (Å²) < 4.78 is 13.7. The Morgan fingerprint density at radius 3 is 2.76 bits per heavy atom. The molecule has 1 aliphatic carbocycles. The van der Waals surface area contributed by atoms with Crippen LogP contribution in [0.25, 0.3) is 0 Å². The number of hydrogen-bond acceptors (Lipinski definition) is 3. The van der Waals surface area contributed by atoms with Gasteiger partial charge in [0.25, 0.3) is 11.6 Å². The molecular formula is C14H16BrFN2O3. The second kappa shape index (κ2) is 6.98. The lowest BCUT2D eigenvalue weighted by atomic mass is 9.89. The Balaban J connectivity index is 1.98. The van der Waals surface area contributed by atoms with Gasteiger partial charge in [-0.25, -0.2) is 4.39 Å². The minimum atomic E-state index is -0.874. The Kier molecular flexibility index (Phi) is 5.27. The highest BCUT2D eigenvalue weighted by Gasteiger charge is 2.24. The standard InChI is InChI=1S/C14H16BrFN2O3/c15-12-4-2-1-3-9(12)8-17-14(19)11-6-5-10(18(20)21)7-13(11)16/h5-7,9,12H,1-4,8H2,(H,17,19). The monoisotopic (exact) mass is 358 g/mol. The first-order valence-electron chi connectivity index (χ1n) is 6.85. The van der Waals surface area contributed by atoms with E-state index in [9.17, 15) is 19.3 Å². The fourth-order valence-corrected chi connectivity index (χ4v) is 3.29. The molecule has 0 spiro atoms. The largest absolute Gasteiger partial charge is 0.352 e. The van der Waals surface area contributed by atoms with Crippen molar-refractivity contribution in [3.05, 3.63) is 39.7 Å². The maximum absolute atomic E-state index is 13.7. The molecule has 1 saturated carbocycles. The number of nitrogens with one attached hydrogen (secondary N) is 1. The molecule has 2 atom stereocenters. The number of halogens is 2. The number of nitrogens with zero attached hydrogens (tertiary/aromatic N) is 1. The van der Waals surface area contributed by atoms with Gasteiger partial charge in [-0.15, -0.1) is 0 Å². The second-order valence-electron chi connectivity index (χ2n) is 5.19. The van der Waals surface area contributed by atoms with Gasteiger partial charge in [-0.3, -0.25) is 14.9 Å². The van der Waals surface area contributed by atoms with Crippen molar-refractivity contribution in [2.24, 2.45) is 5.92 Å². The van der Waals surface area contributed by atoms with E-state index in [1.807, 2.05) is 0 Å². The van der Waals surface area contributed by atoms with Gasteiger partial charge in [0.1, 0.15) is 5.82 Å². The van der Waals surface area contributed by atoms with Crippen molar-refractivity contribution >= 4 is 27.5 Å². The van der Waals surface area contributed by atoms with Gasteiger partial charge in [0.2, 0.25) is 0 Å². The molecule has 0 saturated heterocycles. The quantitative estimate of drug-likeness (QED) is 0.509. The number of non-ortho nitro benzene ring substituents is 1. The van der Waals surface area contributed by atoms with E-state index >= 15 is 0 Å². The lowest BCUT2D eigenvalue weighted by Crippen LogP contribution is -2.34. The minimum absolute atomic E-state index is 0.164. The first-order chi connectivity index (χ1) is 9.99. The van der Waals surface area contributed by atoms with Gasteiger partial charge in [0, 0.05) is 17.4 Å². The molecule has 5 nitrogen and oxygen atoms in total. The molecule has 0 radical (unpaired) electrons. The van der Waals surface area contributed by atoms with Crippen LogP contribution in [0.1, 0.15) is 36.0 Å². The van der Waals surface area contributed by atoms with Gasteiger partial charge in [-0.2, -0.15) is 0 Å². The Morgan fingerprint density at radius 2 is 2.14 bits per heavy atom. The summed E-state index contributed by atoms with van der Waals surface area (Å²) in [6.07, 6.45) is 4.41. The molecule has 0 bridgehead atoms. The molecule has 21 heavy (non-hydrogen) atoms. The molecule has 114 valence electrons. The third-order valence-electron chi connectivity index (χ3n) is 3.75. The molecule has 1 aromatic rings. The maximum atomic E-state index is 13.7. The van der Waals surface area contributed by atoms with E-state index in [2.05, 4.69) is 21.2 Å². The zero-order valence-corrected chi connectivity index (χ0v) is 12.9. The topological polar surface area (TPSA) is 72.2 Å². The first-order valence-corrected chi connectivity index (χ1v) is 7.77. The van der Waals surface area contributed by atoms with Gasteiger partial charge in [-0.1, -0.05) is 28.8 Å². The SMILES string of the molecule is O=C(NCC1CCCCC1Br)c1ccc([N+](=O)[O-])cc1F. The minimum Gasteiger partial charge on any atom is -0.352 e. The number of nitro groups is 1. The zero-order valence-electron chi connectivity index (χ0n) is 11.4. The van der Waals surface area contributed by atoms with Gasteiger partial charge in [-0.05, 0) is 24.8 Å². The summed E-state index contributed by atoms with van der Waals surface area (Å²) in [5.74, 6) is -1.07. The number of benzene rings is 1. The number of alkyl halides is 1. The van der Waals surface area contributed by atoms with Crippen LogP contribution >= 0.6 is 15.9 Å². The Morgan fingerprint density at radius 1 is 1.43 bits per heavy atom. The van der Waals surface area contributed by atoms with E-state index in [4.69, 9.17) is 0 Å². The summed E-state index contributed by atoms with van der Waals surface area (Å²) in [5, 5.41) is 13.2. The molecule has 0 heterocycles. The van der Waals surface area contributed by atoms with Crippen LogP contribution in [0.15, 0.2) is 18.2 Å². The van der Waals surface area contributed by atoms with E-state index in [-0.39, 0.29) is 11.3 Å². The number of rotatable bonds is 4. The summed E-state index contributed by atoms with van der Waals surface area (Å²) in [5.41, 5.74) is -0.528. The van der Waals surface area contributed by atoms with E-state index < -0.39 is 16.6 Å². The highest BCUT2D eigenvalue weighted by Crippen LogP contribution is 2.29. The van der Waals surface area contributed by atoms with E-state index in [1.165, 1.54) is 6.42 Å². The van der Waals surface area contributed by atoms with E-state index in [0.717, 1.165) is 37.5 Å². The van der Waals surface area contributed by atoms with Crippen molar-refractivity contribution in [2.75, 3.05) is 6.54 Å². The summed E-state index contributed by atoms with van der Waals surface area (Å²) >= 11 is 3.60. The molecular weight excluding hydrogens is 343 g/mol. The lowest BCUT2D eigenvalue weighted by molar-refractivity contribution is -0.385. The number of amides is 1. The zero-order chi connectivity index (χ0) is 15.4. The summed E-state index contributed by atoms with van der Waals surface area (Å²) in [6, 6.07) is 3.05. The number of carbonyl (C=O) groups excluding carboxylic acids is 1. The molecule has 1 fully saturated rings. The molecule has 1 N–H and O–H groups in total. The predicted octanol–water partition coefficient (Wildman–Crippen LogP) is 3.42. The Labute approximate surface area is 130 Å². The van der Waals surface area contributed by atoms with Crippen molar-refractivity contribution in [1.29, 1.82) is 0 Å². The fraction of sp³-hybridized carbons (Fsp3) is 0.500. The summed E-state index contributed by atoms with van der Waals surface area (Å²) in [7, 11) is 0. The number of nitro benzene ring substituents is 1. The van der Waals surface area contributed by atoms with Crippen molar-refractivity contribution in [3.63, 3.8) is 0 Å². The van der Waals surface area contributed by atoms with Crippen LogP contribution in [0, 0.1) is 21.8 Å². The average molecular weight is 359 g/mol. The molecule has 2 unspecified atom stereocenters. The van der Waals surface area contributed by atoms with Gasteiger partial charge in [0.15, 0.2) is 0 Å². The highest BCUT2D eigenvalue weighted by molar-refractivity contribution is 9.09. The molecule has 1 aliphatic rings. The molecule has 0 aromatic heterocycles. The van der Waals surface area contributed by atoms with Gasteiger partial charge < -0.3 is 5.32 Å². The molecule has 2 rings (SSSR count). The van der Waals surface area contributed by atoms with Crippen LogP contribution < -0.4 is 5.32 Å². The van der Waals surface area contributed by atoms with Crippen LogP contribution in [0.3, 0.4) is 0 Å². The van der Waals surface area contributed by atoms with Crippen LogP contribution in [0.4, 0.5) is 10.1 Å². The first kappa shape index (κ1) is 15.9. The van der Waals surface area contributed by atoms with Crippen LogP contribution in [-0.4, -0.2) is 22.2 Å². The highest BCUT2D eigenvalue weighted by atomic mass is 79.9. The van der Waals surface area contributed by atoms with Crippen molar-refractivity contribution < 1.29 is 14.1 Å². The Hall–Kier alpha value is -1.50. The summed E-state index contributed by atoms with van der Waals surface area (Å²) in [6.45, 7) is 0.477. The lowest BCUT2D eigenvalue weighted by Gasteiger charge is -2.27. The fourth-order valence-electron chi connectivity index (χ4n) is 2.51. The molecule has 7 heteroatoms. The normalized spacial score (nSPS) is 21.8. The molecule has 1 amide bonds. The maximum Gasteiger partial charge on any atom is 0.272 e. The second-order valence-corrected chi connectivity index (χ2v) is 6.37. The molecule has 1 aromatic carbocycles. The summed E-state index contributed by atoms with van der Waals surface area (Å²) in [4.78, 5) is 22.2. The van der Waals surface area contributed by atoms with E-state index in [0.29, 0.717) is 17.3 Å². The van der Waals surface area contributed by atoms with Crippen LogP contribution in [-0.2, 0) is 0 Å². The average Bonchev–Trinajstić information content (AvgIpc) is 2.46. The van der Waals surface area contributed by atoms with Crippen molar-refractivity contribution in [3.8, 4) is 0 Å². The number of hydrogen-bond donors (Lipinski definition) is 1. The third kappa shape index (κ3) is 4.00. The predicted molar refractivity (Wildman–Crippen MR) is 80.1 cm³/mol. The molecule has 0 aliphatic heterocycles. The van der Waals surface area contributed by atoms with Crippen molar-refractivity contribution in [1.82, 2.24) is 5.32 Å². The van der Waals surface area contributed by atoms with E-state index in [1.54, 1.807) is 0 Å². The van der Waals surface area contributed by atoms with Crippen LogP contribution in [0.2, 0.25) is 0 Å². The third-order valence-corrected chi connectivity index (χ3v) is 4.95. The van der Waals surface area contributed by atoms with Crippen molar-refractivity contribution in [2.45, 2.75) is 30.5 Å².